The number of benzene rings is 1. The van der Waals surface area contributed by atoms with Crippen molar-refractivity contribution in [2.24, 2.45) is 0 Å². The van der Waals surface area contributed by atoms with Gasteiger partial charge < -0.3 is 0 Å². The van der Waals surface area contributed by atoms with E-state index < -0.39 is 0 Å². The van der Waals surface area contributed by atoms with Gasteiger partial charge in [-0.15, -0.1) is 0 Å². The van der Waals surface area contributed by atoms with Crippen molar-refractivity contribution < 1.29 is 0 Å². The highest BCUT2D eigenvalue weighted by Crippen LogP contribution is 2.23. The highest BCUT2D eigenvalue weighted by molar-refractivity contribution is 5.79. The van der Waals surface area contributed by atoms with Gasteiger partial charge in [-0.25, -0.2) is 0 Å². The zero-order chi connectivity index (χ0) is 11.7. The lowest BCUT2D eigenvalue weighted by atomic mass is 10.0. The van der Waals surface area contributed by atoms with Gasteiger partial charge in [-0.1, -0.05) is 26.8 Å². The zero-order valence-corrected chi connectivity index (χ0v) is 10.6. The fourth-order valence-corrected chi connectivity index (χ4v) is 1.95. The van der Waals surface area contributed by atoms with Gasteiger partial charge in [0.05, 0.1) is 11.7 Å². The number of nitrogens with zero attached hydrogens (tertiary/aromatic N) is 2. The first-order chi connectivity index (χ1) is 7.63. The Morgan fingerprint density at radius 2 is 2.00 bits per heavy atom. The molecule has 1 aromatic carbocycles. The van der Waals surface area contributed by atoms with Crippen molar-refractivity contribution >= 4 is 10.9 Å². The molecule has 0 fully saturated rings. The van der Waals surface area contributed by atoms with Crippen LogP contribution >= 0.6 is 0 Å². The Labute approximate surface area is 97.3 Å². The van der Waals surface area contributed by atoms with E-state index in [2.05, 4.69) is 55.7 Å². The van der Waals surface area contributed by atoms with Crippen molar-refractivity contribution in [2.75, 3.05) is 0 Å². The molecule has 0 aliphatic heterocycles. The number of rotatable bonds is 3. The van der Waals surface area contributed by atoms with E-state index in [4.69, 9.17) is 0 Å². The lowest BCUT2D eigenvalue weighted by molar-refractivity contribution is 0.493. The minimum absolute atomic E-state index is 0.474. The van der Waals surface area contributed by atoms with E-state index in [0.29, 0.717) is 12.0 Å². The Balaban J connectivity index is 2.50. The average molecular weight is 216 g/mol. The van der Waals surface area contributed by atoms with Gasteiger partial charge in [-0.2, -0.15) is 5.10 Å². The molecule has 1 aromatic heterocycles. The average Bonchev–Trinajstić information content (AvgIpc) is 2.70. The molecule has 1 heterocycles. The van der Waals surface area contributed by atoms with Crippen molar-refractivity contribution in [3.63, 3.8) is 0 Å². The van der Waals surface area contributed by atoms with Gasteiger partial charge >= 0.3 is 0 Å². The van der Waals surface area contributed by atoms with E-state index in [0.717, 1.165) is 6.42 Å². The van der Waals surface area contributed by atoms with Crippen molar-refractivity contribution in [1.29, 1.82) is 0 Å². The molecule has 0 aliphatic rings. The molecule has 86 valence electrons. The van der Waals surface area contributed by atoms with Crippen LogP contribution in [0, 0.1) is 0 Å². The van der Waals surface area contributed by atoms with Gasteiger partial charge in [-0.3, -0.25) is 4.68 Å². The second-order valence-corrected chi connectivity index (χ2v) is 4.82. The van der Waals surface area contributed by atoms with Gasteiger partial charge in [0.25, 0.3) is 0 Å². The standard InChI is InChI=1S/C14H20N2/c1-5-11(4)16-14-7-6-12(10(2)3)8-13(14)9-15-16/h6-11H,5H2,1-4H3. The number of hydrogen-bond donors (Lipinski definition) is 0. The smallest absolute Gasteiger partial charge is 0.0685 e. The predicted octanol–water partition coefficient (Wildman–Crippen LogP) is 4.13. The lowest BCUT2D eigenvalue weighted by Gasteiger charge is -2.11. The van der Waals surface area contributed by atoms with Crippen LogP contribution in [0.2, 0.25) is 0 Å². The summed E-state index contributed by atoms with van der Waals surface area (Å²) in [7, 11) is 0. The Morgan fingerprint density at radius 1 is 1.25 bits per heavy atom. The molecule has 2 nitrogen and oxygen atoms in total. The molecule has 2 heteroatoms. The van der Waals surface area contributed by atoms with Crippen LogP contribution in [-0.4, -0.2) is 9.78 Å². The quantitative estimate of drug-likeness (QED) is 0.754. The third-order valence-corrected chi connectivity index (χ3v) is 3.29. The second kappa shape index (κ2) is 4.28. The maximum atomic E-state index is 4.48. The first kappa shape index (κ1) is 11.2. The summed E-state index contributed by atoms with van der Waals surface area (Å²) in [6.07, 6.45) is 3.09. The fraction of sp³-hybridized carbons (Fsp3) is 0.500. The predicted molar refractivity (Wildman–Crippen MR) is 68.8 cm³/mol. The molecular weight excluding hydrogens is 196 g/mol. The normalized spacial score (nSPS) is 13.6. The van der Waals surface area contributed by atoms with Crippen LogP contribution in [0.3, 0.4) is 0 Å². The molecule has 0 aliphatic carbocycles. The van der Waals surface area contributed by atoms with Crippen LogP contribution in [-0.2, 0) is 0 Å². The van der Waals surface area contributed by atoms with E-state index in [1.807, 2.05) is 6.20 Å². The van der Waals surface area contributed by atoms with Crippen LogP contribution < -0.4 is 0 Å². The minimum Gasteiger partial charge on any atom is -0.262 e. The molecule has 0 amide bonds. The van der Waals surface area contributed by atoms with Crippen LogP contribution in [0.4, 0.5) is 0 Å². The summed E-state index contributed by atoms with van der Waals surface area (Å²) in [5, 5.41) is 5.74. The van der Waals surface area contributed by atoms with Crippen LogP contribution in [0.1, 0.15) is 51.6 Å². The Bertz CT molecular complexity index is 482. The van der Waals surface area contributed by atoms with Crippen LogP contribution in [0.25, 0.3) is 10.9 Å². The third kappa shape index (κ3) is 1.84. The molecule has 1 atom stereocenters. The van der Waals surface area contributed by atoms with Crippen molar-refractivity contribution in [3.05, 3.63) is 30.0 Å². The van der Waals surface area contributed by atoms with E-state index in [1.165, 1.54) is 16.5 Å². The first-order valence-electron chi connectivity index (χ1n) is 6.10. The van der Waals surface area contributed by atoms with E-state index in [1.54, 1.807) is 0 Å². The van der Waals surface area contributed by atoms with E-state index >= 15 is 0 Å². The van der Waals surface area contributed by atoms with Crippen LogP contribution in [0.15, 0.2) is 24.4 Å². The summed E-state index contributed by atoms with van der Waals surface area (Å²) in [5.41, 5.74) is 2.63. The third-order valence-electron chi connectivity index (χ3n) is 3.29. The second-order valence-electron chi connectivity index (χ2n) is 4.82. The summed E-state index contributed by atoms with van der Waals surface area (Å²) in [6, 6.07) is 7.14. The maximum absolute atomic E-state index is 4.48. The molecule has 0 saturated carbocycles. The highest BCUT2D eigenvalue weighted by atomic mass is 15.3. The summed E-state index contributed by atoms with van der Waals surface area (Å²) in [5.74, 6) is 0.580. The Kier molecular flexibility index (Phi) is 2.99. The summed E-state index contributed by atoms with van der Waals surface area (Å²) >= 11 is 0. The Hall–Kier alpha value is -1.31. The van der Waals surface area contributed by atoms with E-state index in [9.17, 15) is 0 Å². The molecule has 2 rings (SSSR count). The maximum Gasteiger partial charge on any atom is 0.0685 e. The fourth-order valence-electron chi connectivity index (χ4n) is 1.95. The lowest BCUT2D eigenvalue weighted by Crippen LogP contribution is -2.04. The Morgan fingerprint density at radius 3 is 2.62 bits per heavy atom. The number of fused-ring (bicyclic) bond motifs is 1. The van der Waals surface area contributed by atoms with E-state index in [-0.39, 0.29) is 0 Å². The summed E-state index contributed by atoms with van der Waals surface area (Å²) in [6.45, 7) is 8.85. The van der Waals surface area contributed by atoms with Gasteiger partial charge in [0, 0.05) is 11.4 Å². The molecule has 16 heavy (non-hydrogen) atoms. The first-order valence-corrected chi connectivity index (χ1v) is 6.10. The van der Waals surface area contributed by atoms with Crippen molar-refractivity contribution in [2.45, 2.75) is 46.1 Å². The highest BCUT2D eigenvalue weighted by Gasteiger charge is 2.09. The van der Waals surface area contributed by atoms with Crippen molar-refractivity contribution in [1.82, 2.24) is 9.78 Å². The van der Waals surface area contributed by atoms with Gasteiger partial charge in [0.15, 0.2) is 0 Å². The molecule has 1 unspecified atom stereocenters. The largest absolute Gasteiger partial charge is 0.262 e. The molecule has 2 aromatic rings. The number of aromatic nitrogens is 2. The van der Waals surface area contributed by atoms with Crippen LogP contribution in [0.5, 0.6) is 0 Å². The van der Waals surface area contributed by atoms with Gasteiger partial charge in [-0.05, 0) is 37.0 Å². The molecular formula is C14H20N2. The minimum atomic E-state index is 0.474. The molecule has 0 radical (unpaired) electrons. The zero-order valence-electron chi connectivity index (χ0n) is 10.6. The SMILES string of the molecule is CCC(C)n1ncc2cc(C(C)C)ccc21. The molecule has 0 bridgehead atoms. The van der Waals surface area contributed by atoms with Gasteiger partial charge in [0.2, 0.25) is 0 Å². The molecule has 0 N–H and O–H groups in total. The summed E-state index contributed by atoms with van der Waals surface area (Å²) in [4.78, 5) is 0. The van der Waals surface area contributed by atoms with Crippen molar-refractivity contribution in [3.8, 4) is 0 Å². The van der Waals surface area contributed by atoms with Gasteiger partial charge in [0.1, 0.15) is 0 Å². The summed E-state index contributed by atoms with van der Waals surface area (Å²) < 4.78 is 2.12. The topological polar surface area (TPSA) is 17.8 Å². The monoisotopic (exact) mass is 216 g/mol. The molecule has 0 spiro atoms. The number of hydrogen-bond acceptors (Lipinski definition) is 1. The molecule has 0 saturated heterocycles.